The molecule has 4 rings (SSSR count). The van der Waals surface area contributed by atoms with Crippen LogP contribution in [0.5, 0.6) is 11.5 Å². The molecular weight excluding hydrogens is 448 g/mol. The maximum atomic E-state index is 12.6. The molecule has 186 valence electrons. The van der Waals surface area contributed by atoms with Gasteiger partial charge in [-0.15, -0.1) is 0 Å². The minimum atomic E-state index is -0.746. The Bertz CT molecular complexity index is 1080. The Hall–Kier alpha value is -3.59. The highest BCUT2D eigenvalue weighted by atomic mass is 16.5. The molecule has 2 heterocycles. The SMILES string of the molecule is COc1ccc(CN2CCC(NC(=O)CC[C@@H]3NC(=O)c4ccccc4NC3=O)CC2)cc1OC. The average Bonchev–Trinajstić information content (AvgIpc) is 2.99. The lowest BCUT2D eigenvalue weighted by atomic mass is 10.0. The van der Waals surface area contributed by atoms with Gasteiger partial charge in [0.2, 0.25) is 11.8 Å². The lowest BCUT2D eigenvalue weighted by Gasteiger charge is -2.32. The molecule has 1 saturated heterocycles. The molecule has 9 nitrogen and oxygen atoms in total. The summed E-state index contributed by atoms with van der Waals surface area (Å²) in [7, 11) is 3.25. The number of amides is 3. The van der Waals surface area contributed by atoms with Crippen molar-refractivity contribution in [3.05, 3.63) is 53.6 Å². The third kappa shape index (κ3) is 6.10. The van der Waals surface area contributed by atoms with Crippen LogP contribution in [0.1, 0.15) is 41.6 Å². The van der Waals surface area contributed by atoms with Crippen molar-refractivity contribution >= 4 is 23.4 Å². The van der Waals surface area contributed by atoms with Crippen molar-refractivity contribution in [1.82, 2.24) is 15.5 Å². The summed E-state index contributed by atoms with van der Waals surface area (Å²) in [6, 6.07) is 12.2. The van der Waals surface area contributed by atoms with E-state index in [4.69, 9.17) is 9.47 Å². The predicted molar refractivity (Wildman–Crippen MR) is 132 cm³/mol. The van der Waals surface area contributed by atoms with E-state index in [1.54, 1.807) is 38.5 Å². The maximum Gasteiger partial charge on any atom is 0.254 e. The van der Waals surface area contributed by atoms with Crippen molar-refractivity contribution in [2.24, 2.45) is 0 Å². The first-order chi connectivity index (χ1) is 17.0. The second-order valence-electron chi connectivity index (χ2n) is 8.91. The van der Waals surface area contributed by atoms with Gasteiger partial charge in [0.05, 0.1) is 25.5 Å². The fourth-order valence-corrected chi connectivity index (χ4v) is 4.56. The largest absolute Gasteiger partial charge is 0.493 e. The van der Waals surface area contributed by atoms with Crippen LogP contribution in [0.15, 0.2) is 42.5 Å². The van der Waals surface area contributed by atoms with Crippen LogP contribution in [-0.2, 0) is 16.1 Å². The molecule has 0 spiro atoms. The van der Waals surface area contributed by atoms with Crippen LogP contribution < -0.4 is 25.4 Å². The third-order valence-corrected chi connectivity index (χ3v) is 6.52. The zero-order valence-electron chi connectivity index (χ0n) is 20.1. The number of ether oxygens (including phenoxy) is 2. The van der Waals surface area contributed by atoms with Gasteiger partial charge in [-0.1, -0.05) is 18.2 Å². The number of piperidine rings is 1. The molecular formula is C26H32N4O5. The molecule has 2 aliphatic rings. The van der Waals surface area contributed by atoms with Gasteiger partial charge in [-0.05, 0) is 49.1 Å². The van der Waals surface area contributed by atoms with E-state index < -0.39 is 6.04 Å². The first-order valence-corrected chi connectivity index (χ1v) is 11.9. The van der Waals surface area contributed by atoms with Gasteiger partial charge in [0, 0.05) is 32.1 Å². The smallest absolute Gasteiger partial charge is 0.254 e. The van der Waals surface area contributed by atoms with E-state index >= 15 is 0 Å². The number of hydrogen-bond donors (Lipinski definition) is 3. The van der Waals surface area contributed by atoms with Crippen molar-refractivity contribution in [2.75, 3.05) is 32.6 Å². The fraction of sp³-hybridized carbons (Fsp3) is 0.423. The summed E-state index contributed by atoms with van der Waals surface area (Å²) in [6.45, 7) is 2.55. The lowest BCUT2D eigenvalue weighted by molar-refractivity contribution is -0.122. The molecule has 1 atom stereocenters. The maximum absolute atomic E-state index is 12.6. The average molecular weight is 481 g/mol. The summed E-state index contributed by atoms with van der Waals surface area (Å²) in [5, 5.41) is 8.59. The van der Waals surface area contributed by atoms with Crippen LogP contribution in [0.3, 0.4) is 0 Å². The van der Waals surface area contributed by atoms with Crippen molar-refractivity contribution in [3.63, 3.8) is 0 Å². The van der Waals surface area contributed by atoms with Crippen LogP contribution in [0.25, 0.3) is 0 Å². The molecule has 2 aromatic carbocycles. The summed E-state index contributed by atoms with van der Waals surface area (Å²) < 4.78 is 10.7. The molecule has 0 aliphatic carbocycles. The summed E-state index contributed by atoms with van der Waals surface area (Å²) in [4.78, 5) is 39.8. The van der Waals surface area contributed by atoms with Crippen LogP contribution in [0.2, 0.25) is 0 Å². The van der Waals surface area contributed by atoms with Gasteiger partial charge < -0.3 is 25.4 Å². The second-order valence-corrected chi connectivity index (χ2v) is 8.91. The number of rotatable bonds is 8. The second kappa shape index (κ2) is 11.2. The molecule has 9 heteroatoms. The van der Waals surface area contributed by atoms with Gasteiger partial charge in [0.1, 0.15) is 6.04 Å². The highest BCUT2D eigenvalue weighted by molar-refractivity contribution is 6.09. The number of anilines is 1. The summed E-state index contributed by atoms with van der Waals surface area (Å²) in [5.41, 5.74) is 2.06. The Morgan fingerprint density at radius 3 is 2.54 bits per heavy atom. The number of likely N-dealkylation sites (tertiary alicyclic amines) is 1. The number of carbonyl (C=O) groups is 3. The number of para-hydroxylation sites is 1. The molecule has 2 aromatic rings. The third-order valence-electron chi connectivity index (χ3n) is 6.52. The Balaban J connectivity index is 1.21. The number of nitrogens with one attached hydrogen (secondary N) is 3. The zero-order chi connectivity index (χ0) is 24.8. The number of nitrogens with zero attached hydrogens (tertiary/aromatic N) is 1. The van der Waals surface area contributed by atoms with Crippen LogP contribution >= 0.6 is 0 Å². The van der Waals surface area contributed by atoms with E-state index in [-0.39, 0.29) is 36.6 Å². The molecule has 0 saturated carbocycles. The van der Waals surface area contributed by atoms with E-state index in [2.05, 4.69) is 20.9 Å². The normalized spacial score (nSPS) is 18.6. The summed E-state index contributed by atoms with van der Waals surface area (Å²) >= 11 is 0. The number of carbonyl (C=O) groups excluding carboxylic acids is 3. The van der Waals surface area contributed by atoms with E-state index in [0.29, 0.717) is 17.0 Å². The van der Waals surface area contributed by atoms with Crippen molar-refractivity contribution in [3.8, 4) is 11.5 Å². The standard InChI is InChI=1S/C26H32N4O5/c1-34-22-9-7-17(15-23(22)35-2)16-30-13-11-18(12-14-30)27-24(31)10-8-21-26(33)28-20-6-4-3-5-19(20)25(32)29-21/h3-7,9,15,18,21H,8,10-14,16H2,1-2H3,(H,27,31)(H,28,33)(H,29,32)/t21-/m0/s1. The van der Waals surface area contributed by atoms with Crippen molar-refractivity contribution in [2.45, 2.75) is 44.3 Å². The first-order valence-electron chi connectivity index (χ1n) is 11.9. The van der Waals surface area contributed by atoms with E-state index in [0.717, 1.165) is 43.8 Å². The molecule has 35 heavy (non-hydrogen) atoms. The van der Waals surface area contributed by atoms with Gasteiger partial charge in [-0.25, -0.2) is 0 Å². The molecule has 3 N–H and O–H groups in total. The minimum absolute atomic E-state index is 0.103. The highest BCUT2D eigenvalue weighted by Gasteiger charge is 2.28. The van der Waals surface area contributed by atoms with Crippen molar-refractivity contribution in [1.29, 1.82) is 0 Å². The molecule has 3 amide bonds. The molecule has 0 aromatic heterocycles. The summed E-state index contributed by atoms with van der Waals surface area (Å²) in [5.74, 6) is 0.704. The Morgan fingerprint density at radius 1 is 1.06 bits per heavy atom. The summed E-state index contributed by atoms with van der Waals surface area (Å²) in [6.07, 6.45) is 2.13. The number of fused-ring (bicyclic) bond motifs is 1. The van der Waals surface area contributed by atoms with E-state index in [1.807, 2.05) is 18.2 Å². The molecule has 1 fully saturated rings. The molecule has 2 aliphatic heterocycles. The monoisotopic (exact) mass is 480 g/mol. The van der Waals surface area contributed by atoms with Crippen molar-refractivity contribution < 1.29 is 23.9 Å². The van der Waals surface area contributed by atoms with Gasteiger partial charge in [-0.3, -0.25) is 19.3 Å². The number of methoxy groups -OCH3 is 2. The number of benzene rings is 2. The Morgan fingerprint density at radius 2 is 1.80 bits per heavy atom. The van der Waals surface area contributed by atoms with E-state index in [9.17, 15) is 14.4 Å². The molecule has 0 radical (unpaired) electrons. The molecule has 0 unspecified atom stereocenters. The zero-order valence-corrected chi connectivity index (χ0v) is 20.1. The lowest BCUT2D eigenvalue weighted by Crippen LogP contribution is -2.45. The number of hydrogen-bond acceptors (Lipinski definition) is 6. The van der Waals surface area contributed by atoms with Crippen LogP contribution in [0, 0.1) is 0 Å². The first kappa shape index (κ1) is 24.5. The van der Waals surface area contributed by atoms with Gasteiger partial charge >= 0.3 is 0 Å². The highest BCUT2D eigenvalue weighted by Crippen LogP contribution is 2.28. The fourth-order valence-electron chi connectivity index (χ4n) is 4.56. The van der Waals surface area contributed by atoms with E-state index in [1.165, 1.54) is 0 Å². The van der Waals surface area contributed by atoms with Crippen LogP contribution in [-0.4, -0.2) is 62.0 Å². The quantitative estimate of drug-likeness (QED) is 0.535. The Kier molecular flexibility index (Phi) is 7.87. The van der Waals surface area contributed by atoms with Gasteiger partial charge in [0.25, 0.3) is 5.91 Å². The van der Waals surface area contributed by atoms with Gasteiger partial charge in [-0.2, -0.15) is 0 Å². The van der Waals surface area contributed by atoms with Gasteiger partial charge in [0.15, 0.2) is 11.5 Å². The molecule has 0 bridgehead atoms. The van der Waals surface area contributed by atoms with Crippen LogP contribution in [0.4, 0.5) is 5.69 Å². The Labute approximate surface area is 205 Å². The predicted octanol–water partition coefficient (Wildman–Crippen LogP) is 2.32. The topological polar surface area (TPSA) is 109 Å². The minimum Gasteiger partial charge on any atom is -0.493 e.